The molecule has 0 spiro atoms. The van der Waals surface area contributed by atoms with Crippen LogP contribution < -0.4 is 4.80 Å². The van der Waals surface area contributed by atoms with E-state index in [1.54, 1.807) is 12.1 Å². The zero-order valence-electron chi connectivity index (χ0n) is 16.8. The Balaban J connectivity index is 1.70. The summed E-state index contributed by atoms with van der Waals surface area (Å²) in [4.78, 5) is 17.4. The van der Waals surface area contributed by atoms with E-state index in [1.165, 1.54) is 16.9 Å². The molecule has 3 aromatic rings. The molecule has 0 atom stereocenters. The second kappa shape index (κ2) is 9.50. The number of sulfone groups is 1. The molecule has 1 amide bonds. The minimum Gasteiger partial charge on any atom is -0.316 e. The number of aryl methyl sites for hydroxylation is 2. The lowest BCUT2D eigenvalue weighted by atomic mass is 10.1. The third-order valence-electron chi connectivity index (χ3n) is 4.78. The fourth-order valence-corrected chi connectivity index (χ4v) is 5.96. The van der Waals surface area contributed by atoms with Crippen LogP contribution in [0.15, 0.2) is 53.5 Å². The summed E-state index contributed by atoms with van der Waals surface area (Å²) in [5.41, 5.74) is 3.14. The Morgan fingerprint density at radius 3 is 2.52 bits per heavy atom. The summed E-state index contributed by atoms with van der Waals surface area (Å²) >= 11 is 1.50. The first kappa shape index (κ1) is 21.5. The van der Waals surface area contributed by atoms with E-state index >= 15 is 0 Å². The maximum atomic E-state index is 12.4. The summed E-state index contributed by atoms with van der Waals surface area (Å²) in [5, 5.41) is 0. The van der Waals surface area contributed by atoms with Crippen molar-refractivity contribution in [1.29, 1.82) is 0 Å². The molecule has 0 aliphatic heterocycles. The first-order valence-corrected chi connectivity index (χ1v) is 12.5. The number of fused-ring (bicyclic) bond motifs is 1. The van der Waals surface area contributed by atoms with Gasteiger partial charge in [0.1, 0.15) is 0 Å². The molecule has 0 N–H and O–H groups in total. The number of amides is 1. The summed E-state index contributed by atoms with van der Waals surface area (Å²) in [6.45, 7) is 4.89. The number of aromatic nitrogens is 1. The fraction of sp³-hybridized carbons (Fsp3) is 0.364. The molecule has 1 heterocycles. The number of para-hydroxylation sites is 1. The minimum atomic E-state index is -3.24. The van der Waals surface area contributed by atoms with Crippen molar-refractivity contribution in [2.75, 3.05) is 5.75 Å². The molecule has 5 nitrogen and oxygen atoms in total. The molecular weight excluding hydrogens is 404 g/mol. The van der Waals surface area contributed by atoms with Crippen molar-refractivity contribution in [3.8, 4) is 0 Å². The van der Waals surface area contributed by atoms with Crippen LogP contribution in [0.25, 0.3) is 10.2 Å². The number of carbonyl (C=O) groups is 1. The molecule has 3 rings (SSSR count). The highest BCUT2D eigenvalue weighted by molar-refractivity contribution is 7.90. The highest BCUT2D eigenvalue weighted by Gasteiger charge is 2.14. The molecule has 0 saturated carbocycles. The van der Waals surface area contributed by atoms with Crippen molar-refractivity contribution < 1.29 is 13.2 Å². The van der Waals surface area contributed by atoms with Crippen LogP contribution in [0.3, 0.4) is 0 Å². The summed E-state index contributed by atoms with van der Waals surface area (Å²) in [5.74, 6) is -0.277. The van der Waals surface area contributed by atoms with Crippen LogP contribution in [-0.2, 0) is 33.4 Å². The van der Waals surface area contributed by atoms with E-state index in [0.29, 0.717) is 4.80 Å². The Kier molecular flexibility index (Phi) is 7.03. The number of benzene rings is 2. The van der Waals surface area contributed by atoms with E-state index in [-0.39, 0.29) is 30.3 Å². The first-order chi connectivity index (χ1) is 13.9. The summed E-state index contributed by atoms with van der Waals surface area (Å²) in [6, 6.07) is 15.3. The van der Waals surface area contributed by atoms with Crippen molar-refractivity contribution in [2.24, 2.45) is 4.99 Å². The number of thiazole rings is 1. The molecule has 0 saturated heterocycles. The lowest BCUT2D eigenvalue weighted by Crippen LogP contribution is -2.17. The topological polar surface area (TPSA) is 68.5 Å². The van der Waals surface area contributed by atoms with E-state index in [4.69, 9.17) is 0 Å². The minimum absolute atomic E-state index is 0.00508. The zero-order valence-corrected chi connectivity index (χ0v) is 18.4. The third-order valence-corrected chi connectivity index (χ3v) is 7.50. The van der Waals surface area contributed by atoms with Crippen molar-refractivity contribution in [3.63, 3.8) is 0 Å². The molecule has 154 valence electrons. The first-order valence-electron chi connectivity index (χ1n) is 9.86. The average Bonchev–Trinajstić information content (AvgIpc) is 3.05. The largest absolute Gasteiger partial charge is 0.316 e. The quantitative estimate of drug-likeness (QED) is 0.540. The Bertz CT molecular complexity index is 1160. The van der Waals surface area contributed by atoms with Crippen molar-refractivity contribution in [2.45, 2.75) is 45.4 Å². The Hall–Kier alpha value is -2.25. The molecule has 0 unspecified atom stereocenters. The van der Waals surface area contributed by atoms with E-state index in [0.717, 1.165) is 28.7 Å². The molecule has 0 aliphatic rings. The maximum absolute atomic E-state index is 12.4. The van der Waals surface area contributed by atoms with Gasteiger partial charge in [0.05, 0.1) is 21.7 Å². The lowest BCUT2D eigenvalue weighted by Gasteiger charge is -2.05. The van der Waals surface area contributed by atoms with Gasteiger partial charge in [-0.3, -0.25) is 4.79 Å². The summed E-state index contributed by atoms with van der Waals surface area (Å²) in [7, 11) is -3.24. The van der Waals surface area contributed by atoms with Crippen LogP contribution in [0.2, 0.25) is 0 Å². The second-order valence-electron chi connectivity index (χ2n) is 6.93. The molecular formula is C22H26N2O3S2. The predicted molar refractivity (Wildman–Crippen MR) is 119 cm³/mol. The molecule has 0 radical (unpaired) electrons. The van der Waals surface area contributed by atoms with Crippen molar-refractivity contribution >= 4 is 37.3 Å². The maximum Gasteiger partial charge on any atom is 0.248 e. The highest BCUT2D eigenvalue weighted by Crippen LogP contribution is 2.22. The molecule has 7 heteroatoms. The van der Waals surface area contributed by atoms with Crippen molar-refractivity contribution in [3.05, 3.63) is 64.5 Å². The molecule has 0 bridgehead atoms. The van der Waals surface area contributed by atoms with E-state index in [1.807, 2.05) is 37.3 Å². The smallest absolute Gasteiger partial charge is 0.248 e. The number of hydrogen-bond donors (Lipinski definition) is 0. The van der Waals surface area contributed by atoms with Crippen LogP contribution in [0.5, 0.6) is 0 Å². The predicted octanol–water partition coefficient (Wildman–Crippen LogP) is 4.11. The van der Waals surface area contributed by atoms with Crippen LogP contribution >= 0.6 is 11.3 Å². The molecule has 1 aromatic heterocycles. The second-order valence-corrected chi connectivity index (χ2v) is 10.1. The summed E-state index contributed by atoms with van der Waals surface area (Å²) < 4.78 is 27.8. The SMILES string of the molecule is CCc1cccc2sc(=NC(=O)CCCS(=O)(=O)Cc3ccccc3)n(CC)c12. The Morgan fingerprint density at radius 1 is 1.07 bits per heavy atom. The van der Waals surface area contributed by atoms with Gasteiger partial charge < -0.3 is 4.57 Å². The lowest BCUT2D eigenvalue weighted by molar-refractivity contribution is -0.118. The number of nitrogens with zero attached hydrogens (tertiary/aromatic N) is 2. The third kappa shape index (κ3) is 5.42. The molecule has 0 fully saturated rings. The standard InChI is InChI=1S/C22H26N2O3S2/c1-3-18-12-8-13-19-21(18)24(4-2)22(28-19)23-20(25)14-9-15-29(26,27)16-17-10-6-5-7-11-17/h5-8,10-13H,3-4,9,14-16H2,1-2H3. The van der Waals surface area contributed by atoms with Crippen LogP contribution in [-0.4, -0.2) is 24.6 Å². The van der Waals surface area contributed by atoms with E-state index in [9.17, 15) is 13.2 Å². The van der Waals surface area contributed by atoms with Crippen molar-refractivity contribution in [1.82, 2.24) is 4.57 Å². The number of carbonyl (C=O) groups excluding carboxylic acids is 1. The van der Waals surface area contributed by atoms with Gasteiger partial charge in [0, 0.05) is 13.0 Å². The zero-order chi connectivity index (χ0) is 20.9. The highest BCUT2D eigenvalue weighted by atomic mass is 32.2. The van der Waals surface area contributed by atoms with Crippen LogP contribution in [0.1, 0.15) is 37.8 Å². The molecule has 2 aromatic carbocycles. The number of rotatable bonds is 8. The Labute approximate surface area is 175 Å². The summed E-state index contributed by atoms with van der Waals surface area (Å²) in [6.07, 6.45) is 1.34. The molecule has 0 aliphatic carbocycles. The van der Waals surface area contributed by atoms with E-state index in [2.05, 4.69) is 22.5 Å². The van der Waals surface area contributed by atoms with Gasteiger partial charge in [0.25, 0.3) is 0 Å². The van der Waals surface area contributed by atoms with Gasteiger partial charge in [0.15, 0.2) is 14.6 Å². The van der Waals surface area contributed by atoms with Gasteiger partial charge in [-0.15, -0.1) is 0 Å². The normalized spacial score (nSPS) is 12.6. The monoisotopic (exact) mass is 430 g/mol. The molecule has 29 heavy (non-hydrogen) atoms. The van der Waals surface area contributed by atoms with Gasteiger partial charge in [0.2, 0.25) is 5.91 Å². The van der Waals surface area contributed by atoms with Gasteiger partial charge in [-0.1, -0.05) is 60.7 Å². The van der Waals surface area contributed by atoms with Crippen LogP contribution in [0.4, 0.5) is 0 Å². The van der Waals surface area contributed by atoms with Gasteiger partial charge >= 0.3 is 0 Å². The Morgan fingerprint density at radius 2 is 1.83 bits per heavy atom. The van der Waals surface area contributed by atoms with E-state index < -0.39 is 9.84 Å². The fourth-order valence-electron chi connectivity index (χ4n) is 3.37. The number of hydrogen-bond acceptors (Lipinski definition) is 4. The average molecular weight is 431 g/mol. The van der Waals surface area contributed by atoms with Gasteiger partial charge in [-0.2, -0.15) is 4.99 Å². The van der Waals surface area contributed by atoms with Crippen LogP contribution in [0, 0.1) is 0 Å². The van der Waals surface area contributed by atoms with Gasteiger partial charge in [-0.05, 0) is 37.0 Å². The van der Waals surface area contributed by atoms with Gasteiger partial charge in [-0.25, -0.2) is 8.42 Å².